The van der Waals surface area contributed by atoms with Crippen LogP contribution in [-0.2, 0) is 6.42 Å². The Hall–Kier alpha value is -2.88. The maximum Gasteiger partial charge on any atom is 0.265 e. The van der Waals surface area contributed by atoms with E-state index in [1.54, 1.807) is 6.33 Å². The molecule has 10 heteroatoms. The van der Waals surface area contributed by atoms with Gasteiger partial charge in [0.05, 0.1) is 11.4 Å². The zero-order valence-corrected chi connectivity index (χ0v) is 16.4. The van der Waals surface area contributed by atoms with Gasteiger partial charge in [0.1, 0.15) is 29.2 Å². The number of carbonyl (C=O) groups is 1. The van der Waals surface area contributed by atoms with Gasteiger partial charge in [-0.2, -0.15) is 0 Å². The number of nitrogens with one attached hydrogen (secondary N) is 2. The smallest absolute Gasteiger partial charge is 0.265 e. The number of aromatic nitrogens is 6. The van der Waals surface area contributed by atoms with Gasteiger partial charge in [-0.3, -0.25) is 9.36 Å². The van der Waals surface area contributed by atoms with Crippen LogP contribution < -0.4 is 10.6 Å². The molecule has 9 nitrogen and oxygen atoms in total. The highest BCUT2D eigenvalue weighted by molar-refractivity contribution is 7.08. The van der Waals surface area contributed by atoms with Crippen LogP contribution in [0.3, 0.4) is 0 Å². The zero-order chi connectivity index (χ0) is 19.2. The molecule has 0 aliphatic heterocycles. The van der Waals surface area contributed by atoms with Crippen LogP contribution in [0.5, 0.6) is 0 Å². The molecule has 0 aromatic carbocycles. The molecule has 0 atom stereocenters. The van der Waals surface area contributed by atoms with Gasteiger partial charge in [-0.15, -0.1) is 5.10 Å². The number of aryl methyl sites for hydroxylation is 2. The fraction of sp³-hybridized carbons (Fsp3) is 0.412. The Labute approximate surface area is 161 Å². The highest BCUT2D eigenvalue weighted by Gasteiger charge is 2.15. The summed E-state index contributed by atoms with van der Waals surface area (Å²) in [6.45, 7) is 7.01. The highest BCUT2D eigenvalue weighted by atomic mass is 32.1. The monoisotopic (exact) mass is 386 g/mol. The van der Waals surface area contributed by atoms with Crippen LogP contribution >= 0.6 is 11.5 Å². The van der Waals surface area contributed by atoms with E-state index in [-0.39, 0.29) is 5.91 Å². The summed E-state index contributed by atoms with van der Waals surface area (Å²) in [7, 11) is 0. The lowest BCUT2D eigenvalue weighted by atomic mass is 10.2. The zero-order valence-electron chi connectivity index (χ0n) is 15.6. The third kappa shape index (κ3) is 4.45. The summed E-state index contributed by atoms with van der Waals surface area (Å²) in [6, 6.07) is 1.85. The van der Waals surface area contributed by atoms with Crippen molar-refractivity contribution in [2.45, 2.75) is 33.6 Å². The van der Waals surface area contributed by atoms with Crippen molar-refractivity contribution in [3.8, 4) is 5.82 Å². The van der Waals surface area contributed by atoms with Crippen molar-refractivity contribution in [1.29, 1.82) is 0 Å². The van der Waals surface area contributed by atoms with Gasteiger partial charge in [-0.25, -0.2) is 15.0 Å². The van der Waals surface area contributed by atoms with Gasteiger partial charge in [-0.05, 0) is 31.8 Å². The molecule has 0 spiro atoms. The molecule has 0 unspecified atom stereocenters. The van der Waals surface area contributed by atoms with E-state index < -0.39 is 0 Å². The standard InChI is InChI=1S/C17H22N8OS/c1-4-5-13-16(27-24-23-13)17(26)19-7-6-18-14-8-15(21-9-20-14)25-10-22-11(2)12(25)3/h8-10H,4-7H2,1-3H3,(H,19,26)(H,18,20,21). The van der Waals surface area contributed by atoms with Crippen LogP contribution in [0, 0.1) is 13.8 Å². The second-order valence-electron chi connectivity index (χ2n) is 6.03. The van der Waals surface area contributed by atoms with Gasteiger partial charge in [-0.1, -0.05) is 17.8 Å². The molecule has 0 aliphatic rings. The number of imidazole rings is 1. The van der Waals surface area contributed by atoms with Crippen molar-refractivity contribution in [3.05, 3.63) is 40.7 Å². The minimum absolute atomic E-state index is 0.136. The third-order valence-corrected chi connectivity index (χ3v) is 4.88. The molecule has 3 aromatic rings. The lowest BCUT2D eigenvalue weighted by molar-refractivity contribution is 0.0958. The predicted octanol–water partition coefficient (Wildman–Crippen LogP) is 1.93. The normalized spacial score (nSPS) is 10.8. The molecule has 0 fully saturated rings. The Balaban J connectivity index is 1.54. The Morgan fingerprint density at radius 1 is 1.22 bits per heavy atom. The fourth-order valence-corrected chi connectivity index (χ4v) is 3.16. The number of anilines is 1. The molecule has 0 saturated carbocycles. The molecule has 27 heavy (non-hydrogen) atoms. The topological polar surface area (TPSA) is 111 Å². The molecule has 0 aliphatic carbocycles. The van der Waals surface area contributed by atoms with E-state index in [4.69, 9.17) is 0 Å². The van der Waals surface area contributed by atoms with Gasteiger partial charge in [0.2, 0.25) is 0 Å². The summed E-state index contributed by atoms with van der Waals surface area (Å²) in [5.74, 6) is 1.30. The molecule has 3 heterocycles. The first-order valence-electron chi connectivity index (χ1n) is 8.76. The third-order valence-electron chi connectivity index (χ3n) is 4.12. The van der Waals surface area contributed by atoms with Gasteiger partial charge >= 0.3 is 0 Å². The molecule has 0 saturated heterocycles. The fourth-order valence-electron chi connectivity index (χ4n) is 2.53. The van der Waals surface area contributed by atoms with Gasteiger partial charge in [0, 0.05) is 24.8 Å². The number of hydrogen-bond donors (Lipinski definition) is 2. The Bertz CT molecular complexity index is 919. The lowest BCUT2D eigenvalue weighted by Gasteiger charge is -2.09. The van der Waals surface area contributed by atoms with E-state index >= 15 is 0 Å². The first-order chi connectivity index (χ1) is 13.1. The minimum Gasteiger partial charge on any atom is -0.368 e. The van der Waals surface area contributed by atoms with Crippen molar-refractivity contribution in [2.24, 2.45) is 0 Å². The van der Waals surface area contributed by atoms with E-state index in [1.807, 2.05) is 31.4 Å². The van der Waals surface area contributed by atoms with Crippen LogP contribution in [0.1, 0.15) is 40.1 Å². The predicted molar refractivity (Wildman–Crippen MR) is 103 cm³/mol. The summed E-state index contributed by atoms with van der Waals surface area (Å²) in [5.41, 5.74) is 2.76. The molecule has 142 valence electrons. The molecule has 3 aromatic heterocycles. The molecule has 1 amide bonds. The second kappa shape index (κ2) is 8.67. The van der Waals surface area contributed by atoms with Gasteiger partial charge < -0.3 is 10.6 Å². The summed E-state index contributed by atoms with van der Waals surface area (Å²) in [5, 5.41) is 10.1. The maximum absolute atomic E-state index is 12.2. The van der Waals surface area contributed by atoms with E-state index in [0.717, 1.165) is 47.3 Å². The summed E-state index contributed by atoms with van der Waals surface area (Å²) >= 11 is 1.13. The van der Waals surface area contributed by atoms with Crippen molar-refractivity contribution in [3.63, 3.8) is 0 Å². The lowest BCUT2D eigenvalue weighted by Crippen LogP contribution is -2.29. The Morgan fingerprint density at radius 2 is 2.07 bits per heavy atom. The van der Waals surface area contributed by atoms with E-state index in [9.17, 15) is 4.79 Å². The summed E-state index contributed by atoms with van der Waals surface area (Å²) in [4.78, 5) is 25.6. The molecule has 3 rings (SSSR count). The SMILES string of the molecule is CCCc1nnsc1C(=O)NCCNc1cc(-n2cnc(C)c2C)ncn1. The Kier molecular flexibility index (Phi) is 6.07. The number of rotatable bonds is 8. The molecular formula is C17H22N8OS. The number of amides is 1. The van der Waals surface area contributed by atoms with Crippen LogP contribution in [0.15, 0.2) is 18.7 Å². The van der Waals surface area contributed by atoms with Gasteiger partial charge in [0.25, 0.3) is 5.91 Å². The van der Waals surface area contributed by atoms with Crippen LogP contribution in [-0.4, -0.2) is 48.1 Å². The Morgan fingerprint density at radius 3 is 2.81 bits per heavy atom. The first kappa shape index (κ1) is 18.9. The van der Waals surface area contributed by atoms with E-state index in [1.165, 1.54) is 6.33 Å². The quantitative estimate of drug-likeness (QED) is 0.569. The summed E-state index contributed by atoms with van der Waals surface area (Å²) in [6.07, 6.45) is 4.94. The van der Waals surface area contributed by atoms with Crippen LogP contribution in [0.4, 0.5) is 5.82 Å². The number of nitrogens with zero attached hydrogens (tertiary/aromatic N) is 6. The van der Waals surface area contributed by atoms with Crippen molar-refractivity contribution in [2.75, 3.05) is 18.4 Å². The molecule has 0 radical (unpaired) electrons. The van der Waals surface area contributed by atoms with Crippen LogP contribution in [0.2, 0.25) is 0 Å². The highest BCUT2D eigenvalue weighted by Crippen LogP contribution is 2.14. The molecule has 2 N–H and O–H groups in total. The average Bonchev–Trinajstić information content (AvgIpc) is 3.26. The summed E-state index contributed by atoms with van der Waals surface area (Å²) < 4.78 is 5.79. The van der Waals surface area contributed by atoms with Crippen LogP contribution in [0.25, 0.3) is 5.82 Å². The number of hydrogen-bond acceptors (Lipinski definition) is 8. The van der Waals surface area contributed by atoms with Crippen molar-refractivity contribution in [1.82, 2.24) is 34.4 Å². The largest absolute Gasteiger partial charge is 0.368 e. The van der Waals surface area contributed by atoms with E-state index in [2.05, 4.69) is 35.2 Å². The van der Waals surface area contributed by atoms with Crippen molar-refractivity contribution < 1.29 is 4.79 Å². The van der Waals surface area contributed by atoms with Crippen molar-refractivity contribution >= 4 is 23.3 Å². The number of carbonyl (C=O) groups excluding carboxylic acids is 1. The maximum atomic E-state index is 12.2. The van der Waals surface area contributed by atoms with E-state index in [0.29, 0.717) is 23.8 Å². The molecule has 0 bridgehead atoms. The minimum atomic E-state index is -0.136. The first-order valence-corrected chi connectivity index (χ1v) is 9.53. The van der Waals surface area contributed by atoms with Gasteiger partial charge in [0.15, 0.2) is 0 Å². The molecular weight excluding hydrogens is 364 g/mol. The second-order valence-corrected chi connectivity index (χ2v) is 6.78. The average molecular weight is 386 g/mol.